The molecule has 8 heteroatoms. The van der Waals surface area contributed by atoms with Crippen LogP contribution < -0.4 is 0 Å². The molecule has 0 amide bonds. The highest BCUT2D eigenvalue weighted by Crippen LogP contribution is 2.43. The van der Waals surface area contributed by atoms with Gasteiger partial charge in [-0.3, -0.25) is 9.05 Å². The predicted molar refractivity (Wildman–Crippen MR) is 150 cm³/mol. The molecular weight excluding hydrogens is 477 g/mol. The largest absolute Gasteiger partial charge is 0.472 e. The summed E-state index contributed by atoms with van der Waals surface area (Å²) in [5, 5.41) is 9.88. The van der Waals surface area contributed by atoms with Gasteiger partial charge in [0.05, 0.1) is 34.4 Å². The molecule has 0 rings (SSSR count). The number of nitrogens with zero attached hydrogens (tertiary/aromatic N) is 1. The molecule has 0 bridgehead atoms. The molecule has 0 aliphatic rings. The van der Waals surface area contributed by atoms with Crippen LogP contribution in [0.15, 0.2) is 0 Å². The van der Waals surface area contributed by atoms with Crippen molar-refractivity contribution in [2.24, 2.45) is 0 Å². The molecule has 218 valence electrons. The lowest BCUT2D eigenvalue weighted by Gasteiger charge is -2.24. The first-order valence-corrected chi connectivity index (χ1v) is 16.3. The van der Waals surface area contributed by atoms with E-state index in [0.717, 1.165) is 12.8 Å². The minimum absolute atomic E-state index is 0.0951. The summed E-state index contributed by atoms with van der Waals surface area (Å²) >= 11 is 0. The van der Waals surface area contributed by atoms with Gasteiger partial charge in [-0.1, -0.05) is 116 Å². The molecule has 2 atom stereocenters. The molecule has 0 aliphatic heterocycles. The molecule has 7 nitrogen and oxygen atoms in total. The van der Waals surface area contributed by atoms with Crippen molar-refractivity contribution in [3.63, 3.8) is 0 Å². The number of ether oxygens (including phenoxy) is 1. The van der Waals surface area contributed by atoms with Crippen molar-refractivity contribution in [1.82, 2.24) is 0 Å². The molecule has 0 radical (unpaired) electrons. The van der Waals surface area contributed by atoms with Gasteiger partial charge in [0, 0.05) is 6.61 Å². The summed E-state index contributed by atoms with van der Waals surface area (Å²) in [6.45, 7) is 3.38. The fraction of sp³-hybridized carbons (Fsp3) is 1.00. The van der Waals surface area contributed by atoms with Crippen LogP contribution in [-0.4, -0.2) is 74.7 Å². The molecule has 36 heavy (non-hydrogen) atoms. The molecule has 0 aromatic rings. The van der Waals surface area contributed by atoms with Crippen molar-refractivity contribution < 1.29 is 32.8 Å². The minimum atomic E-state index is -4.14. The third-order valence-electron chi connectivity index (χ3n) is 6.40. The van der Waals surface area contributed by atoms with E-state index in [2.05, 4.69) is 6.92 Å². The summed E-state index contributed by atoms with van der Waals surface area (Å²) in [5.74, 6) is 0. The van der Waals surface area contributed by atoms with E-state index in [1.54, 1.807) is 0 Å². The van der Waals surface area contributed by atoms with E-state index in [9.17, 15) is 14.6 Å². The van der Waals surface area contributed by atoms with E-state index < -0.39 is 13.9 Å². The standard InChI is InChI=1S/C28H60NO6P/c1-5-6-7-8-9-10-11-12-13-14-15-16-17-18-19-20-21-22-24-33-26-28(30)27-35-36(31,32)34-25-23-29(2,3)4/h28,30H,5-27H2,1-4H3/p+1/t28-/m1/s1. The molecular formula is C28H61NO6P+. The average molecular weight is 539 g/mol. The fourth-order valence-corrected chi connectivity index (χ4v) is 4.77. The smallest absolute Gasteiger partial charge is 0.388 e. The summed E-state index contributed by atoms with van der Waals surface area (Å²) < 4.78 is 27.7. The lowest BCUT2D eigenvalue weighted by molar-refractivity contribution is -0.870. The quantitative estimate of drug-likeness (QED) is 0.0620. The lowest BCUT2D eigenvalue weighted by Crippen LogP contribution is -2.37. The summed E-state index contributed by atoms with van der Waals surface area (Å²) in [4.78, 5) is 9.65. The molecule has 0 aromatic heterocycles. The highest BCUT2D eigenvalue weighted by molar-refractivity contribution is 7.47. The van der Waals surface area contributed by atoms with Crippen LogP contribution in [0.25, 0.3) is 0 Å². The fourth-order valence-electron chi connectivity index (χ4n) is 4.02. The first-order chi connectivity index (χ1) is 17.2. The molecule has 0 aliphatic carbocycles. The van der Waals surface area contributed by atoms with Crippen molar-refractivity contribution in [3.8, 4) is 0 Å². The molecule has 0 fully saturated rings. The monoisotopic (exact) mass is 538 g/mol. The second kappa shape index (κ2) is 24.1. The van der Waals surface area contributed by atoms with E-state index in [1.807, 2.05) is 21.1 Å². The number of phosphoric acid groups is 1. The number of aliphatic hydroxyl groups excluding tert-OH is 1. The third kappa shape index (κ3) is 28.6. The van der Waals surface area contributed by atoms with Crippen LogP contribution in [0, 0.1) is 0 Å². The van der Waals surface area contributed by atoms with Crippen LogP contribution in [-0.2, 0) is 18.3 Å². The second-order valence-corrected chi connectivity index (χ2v) is 12.8. The Balaban J connectivity index is 3.34. The van der Waals surface area contributed by atoms with Crippen molar-refractivity contribution in [3.05, 3.63) is 0 Å². The van der Waals surface area contributed by atoms with Gasteiger partial charge in [-0.2, -0.15) is 0 Å². The number of rotatable bonds is 28. The minimum Gasteiger partial charge on any atom is -0.388 e. The summed E-state index contributed by atoms with van der Waals surface area (Å²) in [6.07, 6.45) is 23.3. The SMILES string of the molecule is CCCCCCCCCCCCCCCCCCCCOC[C@@H](O)COP(=O)(O)OCC[N+](C)(C)C. The zero-order valence-corrected chi connectivity index (χ0v) is 25.2. The predicted octanol–water partition coefficient (Wildman–Crippen LogP) is 7.25. The Morgan fingerprint density at radius 2 is 1.06 bits per heavy atom. The Bertz CT molecular complexity index is 515. The topological polar surface area (TPSA) is 85.2 Å². The zero-order chi connectivity index (χ0) is 27.0. The van der Waals surface area contributed by atoms with Crippen LogP contribution in [0.3, 0.4) is 0 Å². The van der Waals surface area contributed by atoms with Gasteiger partial charge < -0.3 is 19.2 Å². The Morgan fingerprint density at radius 3 is 1.47 bits per heavy atom. The number of unbranched alkanes of at least 4 members (excludes halogenated alkanes) is 17. The van der Waals surface area contributed by atoms with Gasteiger partial charge >= 0.3 is 7.82 Å². The molecule has 1 unspecified atom stereocenters. The van der Waals surface area contributed by atoms with Crippen LogP contribution in [0.2, 0.25) is 0 Å². The Morgan fingerprint density at radius 1 is 0.639 bits per heavy atom. The van der Waals surface area contributed by atoms with Gasteiger partial charge in [0.2, 0.25) is 0 Å². The van der Waals surface area contributed by atoms with E-state index in [-0.39, 0.29) is 19.8 Å². The summed E-state index contributed by atoms with van der Waals surface area (Å²) in [5.41, 5.74) is 0. The molecule has 0 saturated heterocycles. The number of phosphoric ester groups is 1. The van der Waals surface area contributed by atoms with Crippen molar-refractivity contribution in [1.29, 1.82) is 0 Å². The van der Waals surface area contributed by atoms with Crippen LogP contribution in [0.5, 0.6) is 0 Å². The molecule has 0 aromatic carbocycles. The number of hydrogen-bond donors (Lipinski definition) is 2. The first-order valence-electron chi connectivity index (χ1n) is 14.8. The highest BCUT2D eigenvalue weighted by atomic mass is 31.2. The second-order valence-electron chi connectivity index (χ2n) is 11.4. The Hall–Kier alpha value is -0.0100. The normalized spacial score (nSPS) is 14.7. The van der Waals surface area contributed by atoms with Gasteiger partial charge in [-0.05, 0) is 6.42 Å². The summed E-state index contributed by atoms with van der Waals surface area (Å²) in [7, 11) is 1.76. The molecule has 0 heterocycles. The van der Waals surface area contributed by atoms with Gasteiger partial charge in [-0.25, -0.2) is 4.57 Å². The number of likely N-dealkylation sites (N-methyl/N-ethyl adjacent to an activating group) is 1. The lowest BCUT2D eigenvalue weighted by atomic mass is 10.0. The van der Waals surface area contributed by atoms with Gasteiger partial charge in [-0.15, -0.1) is 0 Å². The van der Waals surface area contributed by atoms with E-state index in [1.165, 1.54) is 103 Å². The van der Waals surface area contributed by atoms with Crippen LogP contribution in [0.1, 0.15) is 122 Å². The maximum atomic E-state index is 11.8. The van der Waals surface area contributed by atoms with Crippen LogP contribution in [0.4, 0.5) is 0 Å². The molecule has 2 N–H and O–H groups in total. The number of quaternary nitrogens is 1. The molecule has 0 spiro atoms. The maximum Gasteiger partial charge on any atom is 0.472 e. The Labute approximate surface area is 223 Å². The van der Waals surface area contributed by atoms with Crippen molar-refractivity contribution in [2.45, 2.75) is 129 Å². The first kappa shape index (κ1) is 36.0. The van der Waals surface area contributed by atoms with Gasteiger partial charge in [0.15, 0.2) is 0 Å². The zero-order valence-electron chi connectivity index (χ0n) is 24.3. The van der Waals surface area contributed by atoms with Crippen molar-refractivity contribution in [2.75, 3.05) is 54.1 Å². The number of aliphatic hydroxyl groups is 1. The van der Waals surface area contributed by atoms with E-state index >= 15 is 0 Å². The van der Waals surface area contributed by atoms with Crippen molar-refractivity contribution >= 4 is 7.82 Å². The highest BCUT2D eigenvalue weighted by Gasteiger charge is 2.24. The average Bonchev–Trinajstić information content (AvgIpc) is 2.80. The van der Waals surface area contributed by atoms with Gasteiger partial charge in [0.1, 0.15) is 19.3 Å². The molecule has 0 saturated carbocycles. The Kier molecular flexibility index (Phi) is 24.1. The van der Waals surface area contributed by atoms with E-state index in [4.69, 9.17) is 13.8 Å². The van der Waals surface area contributed by atoms with Gasteiger partial charge in [0.25, 0.3) is 0 Å². The summed E-state index contributed by atoms with van der Waals surface area (Å²) in [6, 6.07) is 0. The third-order valence-corrected chi connectivity index (χ3v) is 7.38. The number of hydrogen-bond acceptors (Lipinski definition) is 5. The van der Waals surface area contributed by atoms with Crippen LogP contribution >= 0.6 is 7.82 Å². The van der Waals surface area contributed by atoms with E-state index in [0.29, 0.717) is 17.6 Å². The maximum absolute atomic E-state index is 11.8.